The molecule has 1 rings (SSSR count). The van der Waals surface area contributed by atoms with Gasteiger partial charge in [0, 0.05) is 0 Å². The first-order chi connectivity index (χ1) is 5.16. The minimum Gasteiger partial charge on any atom is -0.491 e. The zero-order valence-electron chi connectivity index (χ0n) is 6.03. The Kier molecular flexibility index (Phi) is 2.08. The van der Waals surface area contributed by atoms with Crippen molar-refractivity contribution in [3.05, 3.63) is 36.3 Å². The molecule has 0 N–H and O–H groups in total. The molecule has 1 nitrogen and oxygen atoms in total. The Morgan fingerprint density at radius 3 is 2.45 bits per heavy atom. The Balaban J connectivity index is 3.29. The quantitative estimate of drug-likeness (QED) is 0.607. The van der Waals surface area contributed by atoms with E-state index in [0.29, 0.717) is 0 Å². The molecule has 11 heavy (non-hydrogen) atoms. The molecular weight excluding hydrogens is 150 g/mol. The Morgan fingerprint density at radius 1 is 1.36 bits per heavy atom. The maximum Gasteiger partial charge on any atom is 0.190 e. The zero-order valence-corrected chi connectivity index (χ0v) is 6.03. The summed E-state index contributed by atoms with van der Waals surface area (Å²) in [5, 5.41) is 0. The van der Waals surface area contributed by atoms with Crippen molar-refractivity contribution in [2.24, 2.45) is 0 Å². The third-order valence-corrected chi connectivity index (χ3v) is 1.33. The van der Waals surface area contributed by atoms with Crippen molar-refractivity contribution < 1.29 is 13.5 Å². The standard InChI is InChI=1S/C8H7F2O/c1-5-3-4-6(9)8(11-2)7(5)10/h3-4H,1H2,2H3. The van der Waals surface area contributed by atoms with Crippen LogP contribution in [0.2, 0.25) is 0 Å². The molecule has 3 heteroatoms. The third-order valence-electron chi connectivity index (χ3n) is 1.33. The number of halogens is 2. The fourth-order valence-corrected chi connectivity index (χ4v) is 0.760. The molecule has 1 aromatic carbocycles. The summed E-state index contributed by atoms with van der Waals surface area (Å²) in [6.45, 7) is 3.35. The Bertz CT molecular complexity index is 271. The highest BCUT2D eigenvalue weighted by Crippen LogP contribution is 2.23. The lowest BCUT2D eigenvalue weighted by atomic mass is 10.2. The van der Waals surface area contributed by atoms with Gasteiger partial charge in [0.25, 0.3) is 0 Å². The van der Waals surface area contributed by atoms with Crippen molar-refractivity contribution in [1.29, 1.82) is 0 Å². The molecule has 0 unspecified atom stereocenters. The molecule has 0 amide bonds. The largest absolute Gasteiger partial charge is 0.491 e. The van der Waals surface area contributed by atoms with E-state index in [1.54, 1.807) is 0 Å². The number of methoxy groups -OCH3 is 1. The monoisotopic (exact) mass is 157 g/mol. The third kappa shape index (κ3) is 1.31. The summed E-state index contributed by atoms with van der Waals surface area (Å²) in [4.78, 5) is 0. The minimum atomic E-state index is -0.743. The molecule has 0 bridgehead atoms. The highest BCUT2D eigenvalue weighted by molar-refractivity contribution is 5.33. The van der Waals surface area contributed by atoms with Crippen molar-refractivity contribution in [1.82, 2.24) is 0 Å². The Hall–Kier alpha value is -1.12. The molecule has 0 saturated carbocycles. The molecular formula is C8H7F2O. The maximum atomic E-state index is 12.8. The van der Waals surface area contributed by atoms with E-state index in [2.05, 4.69) is 11.7 Å². The molecule has 0 atom stereocenters. The normalized spacial score (nSPS) is 9.82. The van der Waals surface area contributed by atoms with E-state index in [0.717, 1.165) is 6.07 Å². The van der Waals surface area contributed by atoms with Gasteiger partial charge in [0.15, 0.2) is 17.4 Å². The molecule has 0 aliphatic rings. The lowest BCUT2D eigenvalue weighted by Gasteiger charge is -2.03. The van der Waals surface area contributed by atoms with Crippen LogP contribution in [0.1, 0.15) is 5.56 Å². The van der Waals surface area contributed by atoms with Crippen LogP contribution < -0.4 is 4.74 Å². The molecule has 1 radical (unpaired) electrons. The molecule has 0 fully saturated rings. The number of hydrogen-bond donors (Lipinski definition) is 0. The van der Waals surface area contributed by atoms with Crippen LogP contribution in [0.4, 0.5) is 8.78 Å². The Morgan fingerprint density at radius 2 is 2.00 bits per heavy atom. The molecule has 0 aliphatic carbocycles. The van der Waals surface area contributed by atoms with Gasteiger partial charge in [-0.3, -0.25) is 0 Å². The van der Waals surface area contributed by atoms with E-state index in [4.69, 9.17) is 0 Å². The summed E-state index contributed by atoms with van der Waals surface area (Å²) < 4.78 is 29.9. The van der Waals surface area contributed by atoms with Gasteiger partial charge in [0.05, 0.1) is 7.11 Å². The molecule has 0 aliphatic heterocycles. The smallest absolute Gasteiger partial charge is 0.190 e. The van der Waals surface area contributed by atoms with Crippen molar-refractivity contribution in [2.75, 3.05) is 7.11 Å². The topological polar surface area (TPSA) is 9.23 Å². The van der Waals surface area contributed by atoms with Crippen LogP contribution in [0.15, 0.2) is 12.1 Å². The van der Waals surface area contributed by atoms with E-state index in [1.807, 2.05) is 0 Å². The highest BCUT2D eigenvalue weighted by atomic mass is 19.1. The number of rotatable bonds is 1. The van der Waals surface area contributed by atoms with Crippen LogP contribution in [-0.2, 0) is 0 Å². The van der Waals surface area contributed by atoms with Gasteiger partial charge < -0.3 is 4.74 Å². The van der Waals surface area contributed by atoms with Crippen molar-refractivity contribution in [2.45, 2.75) is 0 Å². The maximum absolute atomic E-state index is 12.8. The first-order valence-electron chi connectivity index (χ1n) is 3.00. The first-order valence-corrected chi connectivity index (χ1v) is 3.00. The van der Waals surface area contributed by atoms with E-state index in [1.165, 1.54) is 13.2 Å². The predicted molar refractivity (Wildman–Crippen MR) is 37.4 cm³/mol. The van der Waals surface area contributed by atoms with E-state index in [9.17, 15) is 8.78 Å². The second kappa shape index (κ2) is 2.86. The molecule has 0 aromatic heterocycles. The molecule has 1 aromatic rings. The van der Waals surface area contributed by atoms with Crippen molar-refractivity contribution in [3.8, 4) is 5.75 Å². The van der Waals surface area contributed by atoms with Gasteiger partial charge in [-0.15, -0.1) is 0 Å². The molecule has 0 saturated heterocycles. The van der Waals surface area contributed by atoms with Gasteiger partial charge in [-0.05, 0) is 18.6 Å². The summed E-state index contributed by atoms with van der Waals surface area (Å²) in [5.41, 5.74) is 0.128. The fraction of sp³-hybridized carbons (Fsp3) is 0.125. The molecule has 59 valence electrons. The number of hydrogen-bond acceptors (Lipinski definition) is 1. The SMILES string of the molecule is [CH2]c1ccc(F)c(OC)c1F. The fourth-order valence-electron chi connectivity index (χ4n) is 0.760. The van der Waals surface area contributed by atoms with Gasteiger partial charge >= 0.3 is 0 Å². The average Bonchev–Trinajstić information content (AvgIpc) is 1.99. The van der Waals surface area contributed by atoms with Crippen LogP contribution in [-0.4, -0.2) is 7.11 Å². The summed E-state index contributed by atoms with van der Waals surface area (Å²) >= 11 is 0. The van der Waals surface area contributed by atoms with Gasteiger partial charge in [-0.1, -0.05) is 6.07 Å². The minimum absolute atomic E-state index is 0.128. The van der Waals surface area contributed by atoms with Gasteiger partial charge in [-0.25, -0.2) is 8.78 Å². The van der Waals surface area contributed by atoms with Gasteiger partial charge in [0.2, 0.25) is 0 Å². The predicted octanol–water partition coefficient (Wildman–Crippen LogP) is 2.16. The summed E-state index contributed by atoms with van der Waals surface area (Å²) in [6, 6.07) is 2.37. The summed E-state index contributed by atoms with van der Waals surface area (Å²) in [6.07, 6.45) is 0. The molecule has 0 spiro atoms. The van der Waals surface area contributed by atoms with Gasteiger partial charge in [-0.2, -0.15) is 0 Å². The van der Waals surface area contributed by atoms with Crippen LogP contribution in [0, 0.1) is 18.6 Å². The average molecular weight is 157 g/mol. The lowest BCUT2D eigenvalue weighted by Crippen LogP contribution is -1.94. The van der Waals surface area contributed by atoms with E-state index >= 15 is 0 Å². The van der Waals surface area contributed by atoms with E-state index in [-0.39, 0.29) is 11.3 Å². The van der Waals surface area contributed by atoms with Crippen molar-refractivity contribution >= 4 is 0 Å². The summed E-state index contributed by atoms with van der Waals surface area (Å²) in [5.74, 6) is -1.83. The van der Waals surface area contributed by atoms with Crippen LogP contribution in [0.25, 0.3) is 0 Å². The Labute approximate surface area is 63.6 Å². The van der Waals surface area contributed by atoms with Crippen LogP contribution in [0.3, 0.4) is 0 Å². The second-order valence-electron chi connectivity index (χ2n) is 2.05. The van der Waals surface area contributed by atoms with Crippen molar-refractivity contribution in [3.63, 3.8) is 0 Å². The van der Waals surface area contributed by atoms with Crippen LogP contribution >= 0.6 is 0 Å². The summed E-state index contributed by atoms with van der Waals surface area (Å²) in [7, 11) is 1.21. The second-order valence-corrected chi connectivity index (χ2v) is 2.05. The number of ether oxygens (including phenoxy) is 1. The first kappa shape index (κ1) is 7.98. The highest BCUT2D eigenvalue weighted by Gasteiger charge is 2.10. The van der Waals surface area contributed by atoms with Crippen LogP contribution in [0.5, 0.6) is 5.75 Å². The van der Waals surface area contributed by atoms with E-state index < -0.39 is 11.6 Å². The molecule has 0 heterocycles. The number of benzene rings is 1. The lowest BCUT2D eigenvalue weighted by molar-refractivity contribution is 0.359. The van der Waals surface area contributed by atoms with Gasteiger partial charge in [0.1, 0.15) is 0 Å². The zero-order chi connectivity index (χ0) is 8.43.